The van der Waals surface area contributed by atoms with Crippen LogP contribution in [-0.2, 0) is 6.54 Å². The summed E-state index contributed by atoms with van der Waals surface area (Å²) in [6.45, 7) is 2.10. The Bertz CT molecular complexity index is 1120. The number of hydrogen-bond donors (Lipinski definition) is 1. The molecule has 0 aromatic heterocycles. The van der Waals surface area contributed by atoms with Crippen molar-refractivity contribution >= 4 is 6.29 Å². The predicted octanol–water partition coefficient (Wildman–Crippen LogP) is 7.27. The van der Waals surface area contributed by atoms with E-state index in [0.29, 0.717) is 5.56 Å². The van der Waals surface area contributed by atoms with Crippen molar-refractivity contribution < 1.29 is 14.3 Å². The van der Waals surface area contributed by atoms with E-state index in [1.54, 1.807) is 24.3 Å². The lowest BCUT2D eigenvalue weighted by Gasteiger charge is -2.07. The molecule has 1 aliphatic rings. The zero-order chi connectivity index (χ0) is 23.4. The monoisotopic (exact) mass is 451 g/mol. The van der Waals surface area contributed by atoms with Crippen molar-refractivity contribution in [3.8, 4) is 23.0 Å². The maximum absolute atomic E-state index is 10.4. The summed E-state index contributed by atoms with van der Waals surface area (Å²) in [5.74, 6) is 4.21. The van der Waals surface area contributed by atoms with Crippen molar-refractivity contribution in [2.75, 3.05) is 6.54 Å². The Balaban J connectivity index is 0.000000166. The third-order valence-corrected chi connectivity index (χ3v) is 5.36. The maximum atomic E-state index is 10.4. The number of ether oxygens (including phenoxy) is 2. The molecule has 4 nitrogen and oxygen atoms in total. The number of carbonyl (C=O) groups is 1. The van der Waals surface area contributed by atoms with Crippen molar-refractivity contribution in [3.63, 3.8) is 0 Å². The quantitative estimate of drug-likeness (QED) is 0.272. The molecule has 1 N–H and O–H groups in total. The van der Waals surface area contributed by atoms with Gasteiger partial charge in [0.1, 0.15) is 29.3 Å². The van der Waals surface area contributed by atoms with Crippen LogP contribution < -0.4 is 14.8 Å². The Morgan fingerprint density at radius 1 is 0.647 bits per heavy atom. The molecule has 0 amide bonds. The fraction of sp³-hybridized carbons (Fsp3) is 0.167. The zero-order valence-electron chi connectivity index (χ0n) is 19.1. The van der Waals surface area contributed by atoms with Gasteiger partial charge in [0.05, 0.1) is 0 Å². The fourth-order valence-electron chi connectivity index (χ4n) is 3.28. The van der Waals surface area contributed by atoms with E-state index in [0.717, 1.165) is 48.3 Å². The van der Waals surface area contributed by atoms with E-state index in [1.165, 1.54) is 18.4 Å². The van der Waals surface area contributed by atoms with Gasteiger partial charge in [-0.1, -0.05) is 48.5 Å². The second-order valence-electron chi connectivity index (χ2n) is 8.24. The molecule has 4 heteroatoms. The highest BCUT2D eigenvalue weighted by molar-refractivity contribution is 5.74. The summed E-state index contributed by atoms with van der Waals surface area (Å²) in [7, 11) is 0. The minimum absolute atomic E-state index is 0.649. The van der Waals surface area contributed by atoms with Gasteiger partial charge in [-0.3, -0.25) is 4.79 Å². The number of nitrogens with one attached hydrogen (secondary N) is 1. The van der Waals surface area contributed by atoms with E-state index in [4.69, 9.17) is 9.47 Å². The maximum Gasteiger partial charge on any atom is 0.150 e. The molecule has 1 aliphatic carbocycles. The minimum atomic E-state index is 0.649. The SMILES string of the molecule is O=Cc1ccc(Oc2ccccc2)cc1.c1ccc(Oc2ccc(CNCC3CC3)cc2)cc1. The number of rotatable bonds is 9. The Morgan fingerprint density at radius 3 is 1.59 bits per heavy atom. The molecule has 0 heterocycles. The van der Waals surface area contributed by atoms with E-state index >= 15 is 0 Å². The molecular formula is C30H29NO3. The molecule has 34 heavy (non-hydrogen) atoms. The van der Waals surface area contributed by atoms with Gasteiger partial charge in [-0.05, 0) is 91.5 Å². The predicted molar refractivity (Wildman–Crippen MR) is 136 cm³/mol. The van der Waals surface area contributed by atoms with E-state index in [1.807, 2.05) is 72.8 Å². The summed E-state index contributed by atoms with van der Waals surface area (Å²) in [5.41, 5.74) is 1.96. The highest BCUT2D eigenvalue weighted by Crippen LogP contribution is 2.27. The fourth-order valence-corrected chi connectivity index (χ4v) is 3.28. The van der Waals surface area contributed by atoms with Crippen LogP contribution in [0.15, 0.2) is 109 Å². The first-order valence-electron chi connectivity index (χ1n) is 11.6. The number of carbonyl (C=O) groups excluding carboxylic acids is 1. The van der Waals surface area contributed by atoms with Gasteiger partial charge in [0.2, 0.25) is 0 Å². The van der Waals surface area contributed by atoms with Gasteiger partial charge in [-0.15, -0.1) is 0 Å². The normalized spacial score (nSPS) is 12.2. The van der Waals surface area contributed by atoms with E-state index in [9.17, 15) is 4.79 Å². The van der Waals surface area contributed by atoms with E-state index in [2.05, 4.69) is 17.4 Å². The smallest absolute Gasteiger partial charge is 0.150 e. The molecule has 5 rings (SSSR count). The minimum Gasteiger partial charge on any atom is -0.457 e. The topological polar surface area (TPSA) is 47.6 Å². The first kappa shape index (κ1) is 23.3. The highest BCUT2D eigenvalue weighted by atomic mass is 16.5. The van der Waals surface area contributed by atoms with Crippen molar-refractivity contribution in [1.82, 2.24) is 5.32 Å². The Labute approximate surface area is 201 Å². The molecule has 0 bridgehead atoms. The average Bonchev–Trinajstić information content (AvgIpc) is 3.72. The van der Waals surface area contributed by atoms with Crippen LogP contribution >= 0.6 is 0 Å². The Morgan fingerprint density at radius 2 is 1.12 bits per heavy atom. The number of benzene rings is 4. The van der Waals surface area contributed by atoms with Gasteiger partial charge in [0, 0.05) is 12.1 Å². The second-order valence-corrected chi connectivity index (χ2v) is 8.24. The van der Waals surface area contributed by atoms with E-state index in [-0.39, 0.29) is 0 Å². The summed E-state index contributed by atoms with van der Waals surface area (Å²) in [6, 6.07) is 34.7. The zero-order valence-corrected chi connectivity index (χ0v) is 19.1. The third kappa shape index (κ3) is 7.91. The van der Waals surface area contributed by atoms with Crippen molar-refractivity contribution in [1.29, 1.82) is 0 Å². The van der Waals surface area contributed by atoms with Crippen molar-refractivity contribution in [2.24, 2.45) is 5.92 Å². The number of hydrogen-bond acceptors (Lipinski definition) is 4. The van der Waals surface area contributed by atoms with Gasteiger partial charge in [-0.25, -0.2) is 0 Å². The van der Waals surface area contributed by atoms with Crippen LogP contribution in [0.4, 0.5) is 0 Å². The summed E-state index contributed by atoms with van der Waals surface area (Å²) in [6.07, 6.45) is 3.61. The standard InChI is InChI=1S/C17H19NO.C13H10O2/c1-2-4-16(5-3-1)19-17-10-8-15(9-11-17)13-18-12-14-6-7-14;14-10-11-6-8-13(9-7-11)15-12-4-2-1-3-5-12/h1-5,8-11,14,18H,6-7,12-13H2;1-10H. The van der Waals surface area contributed by atoms with Crippen molar-refractivity contribution in [2.45, 2.75) is 19.4 Å². The summed E-state index contributed by atoms with van der Waals surface area (Å²) >= 11 is 0. The van der Waals surface area contributed by atoms with Gasteiger partial charge in [-0.2, -0.15) is 0 Å². The molecule has 1 fully saturated rings. The molecule has 4 aromatic carbocycles. The molecule has 172 valence electrons. The molecule has 0 unspecified atom stereocenters. The molecule has 0 spiro atoms. The third-order valence-electron chi connectivity index (χ3n) is 5.36. The first-order chi connectivity index (χ1) is 16.8. The van der Waals surface area contributed by atoms with Crippen LogP contribution in [0.1, 0.15) is 28.8 Å². The summed E-state index contributed by atoms with van der Waals surface area (Å²) in [5, 5.41) is 3.49. The number of para-hydroxylation sites is 2. The summed E-state index contributed by atoms with van der Waals surface area (Å²) < 4.78 is 11.3. The molecule has 1 saturated carbocycles. The van der Waals surface area contributed by atoms with E-state index < -0.39 is 0 Å². The average molecular weight is 452 g/mol. The van der Waals surface area contributed by atoms with Crippen LogP contribution in [0.3, 0.4) is 0 Å². The van der Waals surface area contributed by atoms with Gasteiger partial charge in [0.15, 0.2) is 0 Å². The lowest BCUT2D eigenvalue weighted by molar-refractivity contribution is 0.112. The second kappa shape index (κ2) is 12.4. The van der Waals surface area contributed by atoms with Gasteiger partial charge in [0.25, 0.3) is 0 Å². The molecule has 0 radical (unpaired) electrons. The van der Waals surface area contributed by atoms with Crippen LogP contribution in [-0.4, -0.2) is 12.8 Å². The molecular weight excluding hydrogens is 422 g/mol. The molecule has 0 aliphatic heterocycles. The Hall–Kier alpha value is -3.89. The van der Waals surface area contributed by atoms with Crippen LogP contribution in [0.25, 0.3) is 0 Å². The van der Waals surface area contributed by atoms with Crippen LogP contribution in [0, 0.1) is 5.92 Å². The van der Waals surface area contributed by atoms with Gasteiger partial charge < -0.3 is 14.8 Å². The highest BCUT2D eigenvalue weighted by Gasteiger charge is 2.19. The lowest BCUT2D eigenvalue weighted by atomic mass is 10.2. The lowest BCUT2D eigenvalue weighted by Crippen LogP contribution is -2.15. The van der Waals surface area contributed by atoms with Crippen LogP contribution in [0.2, 0.25) is 0 Å². The largest absolute Gasteiger partial charge is 0.457 e. The number of aldehydes is 1. The Kier molecular flexibility index (Phi) is 8.47. The van der Waals surface area contributed by atoms with Crippen LogP contribution in [0.5, 0.6) is 23.0 Å². The van der Waals surface area contributed by atoms with Crippen molar-refractivity contribution in [3.05, 3.63) is 120 Å². The van der Waals surface area contributed by atoms with Gasteiger partial charge >= 0.3 is 0 Å². The first-order valence-corrected chi connectivity index (χ1v) is 11.6. The molecule has 0 atom stereocenters. The summed E-state index contributed by atoms with van der Waals surface area (Å²) in [4.78, 5) is 10.4. The molecule has 0 saturated heterocycles. The molecule has 4 aromatic rings.